The van der Waals surface area contributed by atoms with Gasteiger partial charge in [0.15, 0.2) is 0 Å². The summed E-state index contributed by atoms with van der Waals surface area (Å²) < 4.78 is 11.1. The van der Waals surface area contributed by atoms with Gasteiger partial charge in [-0.25, -0.2) is 0 Å². The number of methoxy groups -OCH3 is 1. The number of carbonyl (C=O) groups is 1. The summed E-state index contributed by atoms with van der Waals surface area (Å²) in [5.41, 5.74) is -0.432. The molecule has 1 heterocycles. The number of hydrogen-bond donors (Lipinski definition) is 0. The summed E-state index contributed by atoms with van der Waals surface area (Å²) in [7, 11) is 1.70. The van der Waals surface area contributed by atoms with Gasteiger partial charge in [-0.2, -0.15) is 4.98 Å². The standard InChI is InChI=1S/C15H24N2O3/c1-10(2)12(11(3)18)13-16-14(17-20-13)15(19-4)8-6-5-7-9-15/h10,12H,5-9H2,1-4H3. The second-order valence-corrected chi connectivity index (χ2v) is 6.05. The minimum atomic E-state index is -0.432. The average Bonchev–Trinajstić information content (AvgIpc) is 2.88. The molecule has 1 saturated carbocycles. The molecule has 0 radical (unpaired) electrons. The Hall–Kier alpha value is -1.23. The van der Waals surface area contributed by atoms with Gasteiger partial charge in [-0.1, -0.05) is 38.3 Å². The first kappa shape index (κ1) is 15.2. The van der Waals surface area contributed by atoms with Crippen LogP contribution in [0.5, 0.6) is 0 Å². The van der Waals surface area contributed by atoms with Crippen LogP contribution < -0.4 is 0 Å². The van der Waals surface area contributed by atoms with E-state index in [1.807, 2.05) is 13.8 Å². The van der Waals surface area contributed by atoms with Gasteiger partial charge in [0.2, 0.25) is 11.7 Å². The molecule has 5 heteroatoms. The summed E-state index contributed by atoms with van der Waals surface area (Å²) >= 11 is 0. The van der Waals surface area contributed by atoms with Crippen molar-refractivity contribution in [3.63, 3.8) is 0 Å². The number of rotatable bonds is 5. The molecule has 5 nitrogen and oxygen atoms in total. The molecule has 20 heavy (non-hydrogen) atoms. The van der Waals surface area contributed by atoms with Gasteiger partial charge in [-0.3, -0.25) is 4.79 Å². The molecular formula is C15H24N2O3. The van der Waals surface area contributed by atoms with Crippen LogP contribution in [0.4, 0.5) is 0 Å². The Morgan fingerprint density at radius 2 is 1.95 bits per heavy atom. The lowest BCUT2D eigenvalue weighted by molar-refractivity contribution is -0.119. The summed E-state index contributed by atoms with van der Waals surface area (Å²) in [6.45, 7) is 5.55. The van der Waals surface area contributed by atoms with E-state index in [4.69, 9.17) is 9.26 Å². The number of hydrogen-bond acceptors (Lipinski definition) is 5. The molecule has 1 unspecified atom stereocenters. The van der Waals surface area contributed by atoms with Crippen molar-refractivity contribution in [3.8, 4) is 0 Å². The van der Waals surface area contributed by atoms with E-state index in [-0.39, 0.29) is 17.6 Å². The maximum absolute atomic E-state index is 11.8. The van der Waals surface area contributed by atoms with Gasteiger partial charge in [0.25, 0.3) is 0 Å². The molecule has 1 fully saturated rings. The monoisotopic (exact) mass is 280 g/mol. The van der Waals surface area contributed by atoms with Crippen molar-refractivity contribution in [3.05, 3.63) is 11.7 Å². The fourth-order valence-electron chi connectivity index (χ4n) is 3.12. The lowest BCUT2D eigenvalue weighted by Crippen LogP contribution is -2.32. The summed E-state index contributed by atoms with van der Waals surface area (Å²) in [4.78, 5) is 16.3. The molecule has 1 aliphatic carbocycles. The third-order valence-corrected chi connectivity index (χ3v) is 4.27. The number of ketones is 1. The Labute approximate surface area is 120 Å². The average molecular weight is 280 g/mol. The van der Waals surface area contributed by atoms with Crippen LogP contribution in [-0.4, -0.2) is 23.0 Å². The second kappa shape index (κ2) is 6.04. The first-order valence-corrected chi connectivity index (χ1v) is 7.40. The molecule has 0 aliphatic heterocycles. The zero-order chi connectivity index (χ0) is 14.8. The Balaban J connectivity index is 2.29. The first-order chi connectivity index (χ1) is 9.50. The van der Waals surface area contributed by atoms with Gasteiger partial charge in [0, 0.05) is 7.11 Å². The smallest absolute Gasteiger partial charge is 0.237 e. The highest BCUT2D eigenvalue weighted by molar-refractivity contribution is 5.82. The molecule has 0 aromatic carbocycles. The van der Waals surface area contributed by atoms with E-state index >= 15 is 0 Å². The van der Waals surface area contributed by atoms with E-state index in [2.05, 4.69) is 10.1 Å². The van der Waals surface area contributed by atoms with Crippen LogP contribution in [0.25, 0.3) is 0 Å². The van der Waals surface area contributed by atoms with E-state index in [9.17, 15) is 4.79 Å². The molecule has 0 amide bonds. The molecule has 1 aliphatic rings. The minimum absolute atomic E-state index is 0.0605. The molecule has 0 bridgehead atoms. The summed E-state index contributed by atoms with van der Waals surface area (Å²) in [5, 5.41) is 4.11. The van der Waals surface area contributed by atoms with Crippen LogP contribution in [-0.2, 0) is 15.1 Å². The zero-order valence-electron chi connectivity index (χ0n) is 12.8. The number of aromatic nitrogens is 2. The van der Waals surface area contributed by atoms with Crippen LogP contribution in [0.1, 0.15) is 70.5 Å². The minimum Gasteiger partial charge on any atom is -0.370 e. The number of ether oxygens (including phenoxy) is 1. The Morgan fingerprint density at radius 1 is 1.30 bits per heavy atom. The predicted octanol–water partition coefficient (Wildman–Crippen LogP) is 3.20. The zero-order valence-corrected chi connectivity index (χ0v) is 12.8. The molecule has 112 valence electrons. The quantitative estimate of drug-likeness (QED) is 0.828. The van der Waals surface area contributed by atoms with Crippen molar-refractivity contribution < 1.29 is 14.1 Å². The fourth-order valence-corrected chi connectivity index (χ4v) is 3.12. The highest BCUT2D eigenvalue weighted by Crippen LogP contribution is 2.39. The van der Waals surface area contributed by atoms with Gasteiger partial charge in [-0.15, -0.1) is 0 Å². The van der Waals surface area contributed by atoms with Crippen molar-refractivity contribution in [2.45, 2.75) is 64.4 Å². The van der Waals surface area contributed by atoms with E-state index in [0.717, 1.165) is 25.7 Å². The van der Waals surface area contributed by atoms with Crippen molar-refractivity contribution in [1.82, 2.24) is 10.1 Å². The van der Waals surface area contributed by atoms with E-state index in [0.29, 0.717) is 11.7 Å². The lowest BCUT2D eigenvalue weighted by Gasteiger charge is -2.32. The van der Waals surface area contributed by atoms with E-state index in [1.165, 1.54) is 6.42 Å². The van der Waals surface area contributed by atoms with Crippen molar-refractivity contribution in [2.75, 3.05) is 7.11 Å². The number of nitrogens with zero attached hydrogens (tertiary/aromatic N) is 2. The highest BCUT2D eigenvalue weighted by atomic mass is 16.5. The third kappa shape index (κ3) is 2.77. The summed E-state index contributed by atoms with van der Waals surface area (Å²) in [6.07, 6.45) is 5.26. The van der Waals surface area contributed by atoms with Crippen LogP contribution in [0, 0.1) is 5.92 Å². The van der Waals surface area contributed by atoms with E-state index < -0.39 is 5.60 Å². The Bertz CT molecular complexity index is 461. The van der Waals surface area contributed by atoms with Gasteiger partial charge >= 0.3 is 0 Å². The molecule has 2 rings (SSSR count). The summed E-state index contributed by atoms with van der Waals surface area (Å²) in [5.74, 6) is 0.899. The van der Waals surface area contributed by atoms with Crippen molar-refractivity contribution >= 4 is 5.78 Å². The molecule has 0 spiro atoms. The van der Waals surface area contributed by atoms with Gasteiger partial charge < -0.3 is 9.26 Å². The van der Waals surface area contributed by atoms with Crippen molar-refractivity contribution in [2.24, 2.45) is 5.92 Å². The van der Waals surface area contributed by atoms with Gasteiger partial charge in [0.1, 0.15) is 11.4 Å². The SMILES string of the molecule is COC1(c2noc(C(C(C)=O)C(C)C)n2)CCCCC1. The molecule has 1 aromatic heterocycles. The summed E-state index contributed by atoms with van der Waals surface area (Å²) in [6, 6.07) is 0. The van der Waals surface area contributed by atoms with Gasteiger partial charge in [0.05, 0.1) is 5.92 Å². The predicted molar refractivity (Wildman–Crippen MR) is 74.3 cm³/mol. The third-order valence-electron chi connectivity index (χ3n) is 4.27. The Morgan fingerprint density at radius 3 is 2.45 bits per heavy atom. The van der Waals surface area contributed by atoms with Crippen LogP contribution in [0.15, 0.2) is 4.52 Å². The Kier molecular flexibility index (Phi) is 4.58. The molecule has 1 aromatic rings. The van der Waals surface area contributed by atoms with Crippen LogP contribution in [0.2, 0.25) is 0 Å². The largest absolute Gasteiger partial charge is 0.370 e. The maximum Gasteiger partial charge on any atom is 0.237 e. The number of Topliss-reactive ketones (excluding diaryl/α,β-unsaturated/α-hetero) is 1. The lowest BCUT2D eigenvalue weighted by atomic mass is 9.84. The topological polar surface area (TPSA) is 65.2 Å². The first-order valence-electron chi connectivity index (χ1n) is 7.40. The van der Waals surface area contributed by atoms with Crippen LogP contribution >= 0.6 is 0 Å². The van der Waals surface area contributed by atoms with Crippen molar-refractivity contribution in [1.29, 1.82) is 0 Å². The number of carbonyl (C=O) groups excluding carboxylic acids is 1. The fraction of sp³-hybridized carbons (Fsp3) is 0.800. The highest BCUT2D eigenvalue weighted by Gasteiger charge is 2.39. The van der Waals surface area contributed by atoms with Gasteiger partial charge in [-0.05, 0) is 25.7 Å². The molecule has 0 N–H and O–H groups in total. The maximum atomic E-state index is 11.8. The molecule has 1 atom stereocenters. The molecule has 0 saturated heterocycles. The molecular weight excluding hydrogens is 256 g/mol. The second-order valence-electron chi connectivity index (χ2n) is 6.05. The van der Waals surface area contributed by atoms with E-state index in [1.54, 1.807) is 14.0 Å². The van der Waals surface area contributed by atoms with Crippen LogP contribution in [0.3, 0.4) is 0 Å². The normalized spacial score (nSPS) is 20.1.